The van der Waals surface area contributed by atoms with Crippen LogP contribution in [0.3, 0.4) is 0 Å². The van der Waals surface area contributed by atoms with E-state index in [2.05, 4.69) is 21.2 Å². The van der Waals surface area contributed by atoms with Crippen LogP contribution in [0.25, 0.3) is 0 Å². The van der Waals surface area contributed by atoms with Crippen molar-refractivity contribution in [2.45, 2.75) is 33.8 Å². The summed E-state index contributed by atoms with van der Waals surface area (Å²) in [5.41, 5.74) is 0.593. The molecule has 1 amide bonds. The van der Waals surface area contributed by atoms with Crippen molar-refractivity contribution in [3.05, 3.63) is 22.7 Å². The molecule has 0 bridgehead atoms. The summed E-state index contributed by atoms with van der Waals surface area (Å²) in [6, 6.07) is 5.32. The summed E-state index contributed by atoms with van der Waals surface area (Å²) in [5.74, 6) is 0. The van der Waals surface area contributed by atoms with Crippen LogP contribution in [0.2, 0.25) is 0 Å². The maximum atomic E-state index is 12.8. The Kier molecular flexibility index (Phi) is 6.28. The van der Waals surface area contributed by atoms with Crippen molar-refractivity contribution in [1.29, 1.82) is 0 Å². The number of halogens is 1. The maximum absolute atomic E-state index is 12.8. The highest BCUT2D eigenvalue weighted by Gasteiger charge is 2.23. The van der Waals surface area contributed by atoms with E-state index < -0.39 is 13.2 Å². The molecule has 0 aliphatic rings. The van der Waals surface area contributed by atoms with E-state index in [4.69, 9.17) is 4.74 Å². The highest BCUT2D eigenvalue weighted by Crippen LogP contribution is 2.45. The summed E-state index contributed by atoms with van der Waals surface area (Å²) in [6.07, 6.45) is 0.516. The number of carbonyl (C=O) groups is 1. The molecule has 112 valence electrons. The summed E-state index contributed by atoms with van der Waals surface area (Å²) in [4.78, 5) is 11.6. The van der Waals surface area contributed by atoms with Gasteiger partial charge in [-0.3, -0.25) is 5.32 Å². The van der Waals surface area contributed by atoms with Crippen molar-refractivity contribution in [3.8, 4) is 0 Å². The first-order valence-electron chi connectivity index (χ1n) is 6.68. The van der Waals surface area contributed by atoms with Gasteiger partial charge in [0, 0.05) is 27.8 Å². The molecule has 20 heavy (non-hydrogen) atoms. The first-order chi connectivity index (χ1) is 9.32. The van der Waals surface area contributed by atoms with Crippen LogP contribution in [0.5, 0.6) is 0 Å². The number of anilines is 1. The third-order valence-corrected chi connectivity index (χ3v) is 7.29. The van der Waals surface area contributed by atoms with Crippen molar-refractivity contribution in [3.63, 3.8) is 0 Å². The second kappa shape index (κ2) is 7.28. The SMILES string of the molecule is CCP(=O)(CC)c1cc(NC(=O)OC(C)C)ccc1Br. The zero-order valence-electron chi connectivity index (χ0n) is 12.3. The molecule has 0 spiro atoms. The standard InChI is InChI=1S/C14H21BrNO3P/c1-5-20(18,6-2)13-9-11(7-8-12(13)15)16-14(17)19-10(3)4/h7-10H,5-6H2,1-4H3,(H,16,17). The second-order valence-corrected chi connectivity index (χ2v) is 9.15. The van der Waals surface area contributed by atoms with Crippen molar-refractivity contribution in [2.24, 2.45) is 0 Å². The Bertz CT molecular complexity index is 523. The van der Waals surface area contributed by atoms with Crippen LogP contribution < -0.4 is 10.6 Å². The van der Waals surface area contributed by atoms with Gasteiger partial charge in [-0.05, 0) is 32.0 Å². The Morgan fingerprint density at radius 3 is 2.45 bits per heavy atom. The molecule has 0 atom stereocenters. The molecule has 0 radical (unpaired) electrons. The van der Waals surface area contributed by atoms with Crippen LogP contribution in [0.4, 0.5) is 10.5 Å². The molecule has 0 unspecified atom stereocenters. The topological polar surface area (TPSA) is 55.4 Å². The van der Waals surface area contributed by atoms with Gasteiger partial charge in [-0.15, -0.1) is 0 Å². The Hall–Kier alpha value is -0.800. The fourth-order valence-electron chi connectivity index (χ4n) is 1.83. The second-order valence-electron chi connectivity index (χ2n) is 4.77. The molecule has 1 rings (SSSR count). The number of hydrogen-bond donors (Lipinski definition) is 1. The highest BCUT2D eigenvalue weighted by atomic mass is 79.9. The van der Waals surface area contributed by atoms with Gasteiger partial charge >= 0.3 is 6.09 Å². The number of benzene rings is 1. The molecule has 0 fully saturated rings. The van der Waals surface area contributed by atoms with Crippen molar-refractivity contribution >= 4 is 40.2 Å². The van der Waals surface area contributed by atoms with Gasteiger partial charge in [0.15, 0.2) is 0 Å². The van der Waals surface area contributed by atoms with Crippen molar-refractivity contribution in [2.75, 3.05) is 17.6 Å². The lowest BCUT2D eigenvalue weighted by Gasteiger charge is -2.18. The third kappa shape index (κ3) is 4.35. The number of carbonyl (C=O) groups excluding carboxylic acids is 1. The minimum Gasteiger partial charge on any atom is -0.447 e. The minimum absolute atomic E-state index is 0.178. The summed E-state index contributed by atoms with van der Waals surface area (Å²) >= 11 is 3.44. The normalized spacial score (nSPS) is 11.5. The van der Waals surface area contributed by atoms with E-state index in [-0.39, 0.29) is 6.10 Å². The average Bonchev–Trinajstić information content (AvgIpc) is 2.39. The van der Waals surface area contributed by atoms with E-state index in [1.54, 1.807) is 32.0 Å². The molecule has 0 heterocycles. The Balaban J connectivity index is 3.03. The molecule has 0 aliphatic heterocycles. The monoisotopic (exact) mass is 361 g/mol. The molecule has 0 aromatic heterocycles. The van der Waals surface area contributed by atoms with E-state index in [1.807, 2.05) is 13.8 Å². The van der Waals surface area contributed by atoms with E-state index in [9.17, 15) is 9.36 Å². The Labute approximate surface area is 128 Å². The molecule has 6 heteroatoms. The number of amides is 1. The van der Waals surface area contributed by atoms with Gasteiger partial charge in [-0.1, -0.05) is 29.8 Å². The number of ether oxygens (including phenoxy) is 1. The van der Waals surface area contributed by atoms with Crippen LogP contribution in [-0.4, -0.2) is 24.5 Å². The van der Waals surface area contributed by atoms with Crippen LogP contribution in [0, 0.1) is 0 Å². The Morgan fingerprint density at radius 1 is 1.35 bits per heavy atom. The number of nitrogens with one attached hydrogen (secondary N) is 1. The van der Waals surface area contributed by atoms with Crippen LogP contribution in [-0.2, 0) is 9.30 Å². The average molecular weight is 362 g/mol. The summed E-state index contributed by atoms with van der Waals surface area (Å²) < 4.78 is 18.7. The molecular formula is C14H21BrNO3P. The predicted octanol–water partition coefficient (Wildman–Crippen LogP) is 4.43. The molecular weight excluding hydrogens is 341 g/mol. The van der Waals surface area contributed by atoms with E-state index in [0.717, 1.165) is 9.78 Å². The molecule has 0 aliphatic carbocycles. The first kappa shape index (κ1) is 17.3. The van der Waals surface area contributed by atoms with Gasteiger partial charge < -0.3 is 9.30 Å². The Morgan fingerprint density at radius 2 is 1.95 bits per heavy atom. The lowest BCUT2D eigenvalue weighted by molar-refractivity contribution is 0.130. The molecule has 4 nitrogen and oxygen atoms in total. The van der Waals surface area contributed by atoms with Crippen LogP contribution in [0.15, 0.2) is 22.7 Å². The fourth-order valence-corrected chi connectivity index (χ4v) is 5.01. The predicted molar refractivity (Wildman–Crippen MR) is 87.7 cm³/mol. The summed E-state index contributed by atoms with van der Waals surface area (Å²) in [5, 5.41) is 3.43. The third-order valence-electron chi connectivity index (χ3n) is 3.00. The fraction of sp³-hybridized carbons (Fsp3) is 0.500. The van der Waals surface area contributed by atoms with Gasteiger partial charge in [0.1, 0.15) is 7.14 Å². The van der Waals surface area contributed by atoms with Crippen molar-refractivity contribution < 1.29 is 14.1 Å². The zero-order chi connectivity index (χ0) is 15.3. The lowest BCUT2D eigenvalue weighted by atomic mass is 10.3. The molecule has 1 N–H and O–H groups in total. The zero-order valence-corrected chi connectivity index (χ0v) is 14.8. The van der Waals surface area contributed by atoms with E-state index in [1.165, 1.54) is 0 Å². The van der Waals surface area contributed by atoms with E-state index >= 15 is 0 Å². The van der Waals surface area contributed by atoms with Gasteiger partial charge in [0.25, 0.3) is 0 Å². The van der Waals surface area contributed by atoms with Crippen LogP contribution >= 0.6 is 23.1 Å². The number of hydrogen-bond acceptors (Lipinski definition) is 3. The first-order valence-corrected chi connectivity index (χ1v) is 9.55. The van der Waals surface area contributed by atoms with Gasteiger partial charge in [-0.25, -0.2) is 4.79 Å². The molecule has 1 aromatic rings. The number of rotatable bonds is 5. The smallest absolute Gasteiger partial charge is 0.411 e. The summed E-state index contributed by atoms with van der Waals surface area (Å²) in [7, 11) is -2.41. The van der Waals surface area contributed by atoms with Gasteiger partial charge in [0.2, 0.25) is 0 Å². The lowest BCUT2D eigenvalue weighted by Crippen LogP contribution is -2.19. The molecule has 1 aromatic carbocycles. The molecule has 0 saturated carbocycles. The van der Waals surface area contributed by atoms with Gasteiger partial charge in [-0.2, -0.15) is 0 Å². The molecule has 0 saturated heterocycles. The minimum atomic E-state index is -2.41. The van der Waals surface area contributed by atoms with Gasteiger partial charge in [0.05, 0.1) is 6.10 Å². The largest absolute Gasteiger partial charge is 0.447 e. The summed E-state index contributed by atoms with van der Waals surface area (Å²) in [6.45, 7) is 7.41. The quantitative estimate of drug-likeness (QED) is 0.789. The van der Waals surface area contributed by atoms with Crippen LogP contribution in [0.1, 0.15) is 27.7 Å². The van der Waals surface area contributed by atoms with E-state index in [0.29, 0.717) is 18.0 Å². The van der Waals surface area contributed by atoms with Crippen molar-refractivity contribution in [1.82, 2.24) is 0 Å². The highest BCUT2D eigenvalue weighted by molar-refractivity contribution is 9.10. The maximum Gasteiger partial charge on any atom is 0.411 e.